The molecule has 0 bridgehead atoms. The SMILES string of the molecule is CCCCc1ccc2c(ccc3c2sc2c4ccc5cc(CCCC)ccc5c4sc32)c1. The van der Waals surface area contributed by atoms with Crippen molar-refractivity contribution < 1.29 is 0 Å². The Morgan fingerprint density at radius 2 is 0.938 bits per heavy atom. The lowest BCUT2D eigenvalue weighted by Crippen LogP contribution is -1.85. The third-order valence-electron chi connectivity index (χ3n) is 6.81. The molecule has 2 aromatic heterocycles. The highest BCUT2D eigenvalue weighted by atomic mass is 32.1. The van der Waals surface area contributed by atoms with E-state index in [0.29, 0.717) is 0 Å². The Morgan fingerprint density at radius 3 is 1.38 bits per heavy atom. The number of fused-ring (bicyclic) bond motifs is 9. The van der Waals surface area contributed by atoms with E-state index in [0.717, 1.165) is 0 Å². The first kappa shape index (κ1) is 20.2. The fourth-order valence-corrected chi connectivity index (χ4v) is 7.91. The number of thiophene rings is 2. The lowest BCUT2D eigenvalue weighted by Gasteiger charge is -2.05. The molecule has 0 aliphatic heterocycles. The van der Waals surface area contributed by atoms with Crippen LogP contribution in [0.3, 0.4) is 0 Å². The smallest absolute Gasteiger partial charge is 0.0542 e. The summed E-state index contributed by atoms with van der Waals surface area (Å²) in [7, 11) is 0. The first-order valence-electron chi connectivity index (χ1n) is 12.0. The van der Waals surface area contributed by atoms with E-state index in [1.54, 1.807) is 0 Å². The molecule has 0 radical (unpaired) electrons. The Hall–Kier alpha value is -2.42. The predicted octanol–water partition coefficient (Wildman–Crippen LogP) is 10.3. The van der Waals surface area contributed by atoms with Crippen LogP contribution in [0.2, 0.25) is 0 Å². The topological polar surface area (TPSA) is 0 Å². The van der Waals surface area contributed by atoms with Gasteiger partial charge in [0, 0.05) is 20.2 Å². The van der Waals surface area contributed by atoms with Crippen molar-refractivity contribution in [1.29, 1.82) is 0 Å². The van der Waals surface area contributed by atoms with Gasteiger partial charge >= 0.3 is 0 Å². The lowest BCUT2D eigenvalue weighted by molar-refractivity contribution is 0.796. The second-order valence-corrected chi connectivity index (χ2v) is 11.1. The molecule has 0 atom stereocenters. The summed E-state index contributed by atoms with van der Waals surface area (Å²) in [5.74, 6) is 0. The van der Waals surface area contributed by atoms with Crippen LogP contribution in [0.4, 0.5) is 0 Å². The monoisotopic (exact) mass is 452 g/mol. The molecule has 0 N–H and O–H groups in total. The van der Waals surface area contributed by atoms with Gasteiger partial charge in [-0.15, -0.1) is 22.7 Å². The molecule has 160 valence electrons. The molecule has 0 saturated heterocycles. The third kappa shape index (κ3) is 3.24. The highest BCUT2D eigenvalue weighted by Gasteiger charge is 2.16. The van der Waals surface area contributed by atoms with Gasteiger partial charge < -0.3 is 0 Å². The van der Waals surface area contributed by atoms with E-state index in [4.69, 9.17) is 0 Å². The van der Waals surface area contributed by atoms with Gasteiger partial charge in [-0.3, -0.25) is 0 Å². The van der Waals surface area contributed by atoms with E-state index in [1.165, 1.54) is 101 Å². The van der Waals surface area contributed by atoms with E-state index in [-0.39, 0.29) is 0 Å². The first-order chi connectivity index (χ1) is 15.8. The summed E-state index contributed by atoms with van der Waals surface area (Å²) in [5, 5.41) is 8.43. The van der Waals surface area contributed by atoms with Gasteiger partial charge in [0.25, 0.3) is 0 Å². The Balaban J connectivity index is 1.52. The minimum absolute atomic E-state index is 1.18. The van der Waals surface area contributed by atoms with Crippen molar-refractivity contribution in [3.05, 3.63) is 71.8 Å². The first-order valence-corrected chi connectivity index (χ1v) is 13.6. The van der Waals surface area contributed by atoms with E-state index in [2.05, 4.69) is 74.5 Å². The Bertz CT molecular complexity index is 1470. The van der Waals surface area contributed by atoms with Crippen LogP contribution >= 0.6 is 22.7 Å². The lowest BCUT2D eigenvalue weighted by atomic mass is 10.0. The van der Waals surface area contributed by atoms with Crippen LogP contribution in [0.5, 0.6) is 0 Å². The van der Waals surface area contributed by atoms with E-state index in [1.807, 2.05) is 22.7 Å². The molecular formula is C30H28S2. The third-order valence-corrected chi connectivity index (χ3v) is 9.48. The number of unbranched alkanes of at least 4 members (excludes halogenated alkanes) is 2. The van der Waals surface area contributed by atoms with Crippen LogP contribution in [0, 0.1) is 0 Å². The Kier molecular flexibility index (Phi) is 5.16. The van der Waals surface area contributed by atoms with Crippen molar-refractivity contribution in [3.8, 4) is 0 Å². The van der Waals surface area contributed by atoms with Gasteiger partial charge in [-0.25, -0.2) is 0 Å². The molecule has 0 fully saturated rings. The van der Waals surface area contributed by atoms with Crippen molar-refractivity contribution in [2.75, 3.05) is 0 Å². The van der Waals surface area contributed by atoms with Gasteiger partial charge in [-0.05, 0) is 58.4 Å². The Labute approximate surface area is 197 Å². The average Bonchev–Trinajstić information content (AvgIpc) is 3.37. The Morgan fingerprint density at radius 1 is 0.500 bits per heavy atom. The zero-order valence-electron chi connectivity index (χ0n) is 18.8. The van der Waals surface area contributed by atoms with Crippen molar-refractivity contribution in [2.45, 2.75) is 52.4 Å². The highest BCUT2D eigenvalue weighted by Crippen LogP contribution is 2.48. The maximum Gasteiger partial charge on any atom is 0.0542 e. The summed E-state index contributed by atoms with van der Waals surface area (Å²) in [6.45, 7) is 4.53. The minimum atomic E-state index is 1.18. The predicted molar refractivity (Wildman–Crippen MR) is 147 cm³/mol. The van der Waals surface area contributed by atoms with E-state index in [9.17, 15) is 0 Å². The fraction of sp³-hybridized carbons (Fsp3) is 0.267. The van der Waals surface area contributed by atoms with Crippen LogP contribution in [0.15, 0.2) is 60.7 Å². The zero-order valence-corrected chi connectivity index (χ0v) is 20.5. The maximum absolute atomic E-state index is 2.40. The highest BCUT2D eigenvalue weighted by molar-refractivity contribution is 7.37. The van der Waals surface area contributed by atoms with Crippen LogP contribution in [0.1, 0.15) is 50.7 Å². The van der Waals surface area contributed by atoms with Crippen molar-refractivity contribution in [2.24, 2.45) is 0 Å². The van der Waals surface area contributed by atoms with Gasteiger partial charge in [0.15, 0.2) is 0 Å². The molecule has 0 aliphatic carbocycles. The van der Waals surface area contributed by atoms with E-state index >= 15 is 0 Å². The van der Waals surface area contributed by atoms with Crippen LogP contribution < -0.4 is 0 Å². The van der Waals surface area contributed by atoms with Crippen LogP contribution in [0.25, 0.3) is 51.1 Å². The molecule has 6 rings (SSSR count). The summed E-state index contributed by atoms with van der Waals surface area (Å²) in [5.41, 5.74) is 2.93. The summed E-state index contributed by atoms with van der Waals surface area (Å²) in [6.07, 6.45) is 7.40. The van der Waals surface area contributed by atoms with Gasteiger partial charge in [0.1, 0.15) is 0 Å². The summed E-state index contributed by atoms with van der Waals surface area (Å²) >= 11 is 3.97. The molecule has 32 heavy (non-hydrogen) atoms. The number of rotatable bonds is 6. The number of hydrogen-bond acceptors (Lipinski definition) is 2. The van der Waals surface area contributed by atoms with Crippen molar-refractivity contribution in [1.82, 2.24) is 0 Å². The molecule has 2 heterocycles. The molecule has 0 amide bonds. The molecule has 4 aromatic carbocycles. The second kappa shape index (κ2) is 8.17. The number of benzene rings is 4. The normalized spacial score (nSPS) is 12.2. The second-order valence-electron chi connectivity index (χ2n) is 9.06. The van der Waals surface area contributed by atoms with Gasteiger partial charge in [-0.2, -0.15) is 0 Å². The molecule has 0 spiro atoms. The number of hydrogen-bond donors (Lipinski definition) is 0. The molecule has 0 unspecified atom stereocenters. The van der Waals surface area contributed by atoms with Crippen LogP contribution in [-0.2, 0) is 12.8 Å². The minimum Gasteiger partial charge on any atom is -0.133 e. The van der Waals surface area contributed by atoms with Gasteiger partial charge in [0.2, 0.25) is 0 Å². The molecule has 6 aromatic rings. The van der Waals surface area contributed by atoms with Gasteiger partial charge in [0.05, 0.1) is 9.40 Å². The average molecular weight is 453 g/mol. The molecule has 2 heteroatoms. The van der Waals surface area contributed by atoms with Crippen molar-refractivity contribution >= 4 is 73.8 Å². The summed E-state index contributed by atoms with van der Waals surface area (Å²) < 4.78 is 5.81. The zero-order chi connectivity index (χ0) is 21.7. The van der Waals surface area contributed by atoms with Gasteiger partial charge in [-0.1, -0.05) is 87.4 Å². The maximum atomic E-state index is 2.40. The standard InChI is InChI=1S/C30H28S2/c1-3-5-7-19-9-13-23-21(17-19)11-15-25-27(23)31-30-26-16-12-22-18-20(8-6-4-2)10-14-24(22)28(26)32-29(25)30/h9-18H,3-8H2,1-2H3. The fourth-order valence-electron chi connectivity index (χ4n) is 5.00. The summed E-state index contributed by atoms with van der Waals surface area (Å²) in [6, 6.07) is 23.6. The van der Waals surface area contributed by atoms with Crippen molar-refractivity contribution in [3.63, 3.8) is 0 Å². The van der Waals surface area contributed by atoms with Crippen LogP contribution in [-0.4, -0.2) is 0 Å². The largest absolute Gasteiger partial charge is 0.133 e. The number of aryl methyl sites for hydroxylation is 2. The summed E-state index contributed by atoms with van der Waals surface area (Å²) in [4.78, 5) is 0. The van der Waals surface area contributed by atoms with E-state index < -0.39 is 0 Å². The quantitative estimate of drug-likeness (QED) is 0.236. The molecule has 0 saturated carbocycles. The molecule has 0 aliphatic rings. The molecule has 0 nitrogen and oxygen atoms in total. The molecular weight excluding hydrogens is 424 g/mol.